The zero-order chi connectivity index (χ0) is 23.1. The molecule has 0 spiro atoms. The van der Waals surface area contributed by atoms with E-state index in [9.17, 15) is 35.9 Å². The third kappa shape index (κ3) is 4.99. The maximum absolute atomic E-state index is 13.2. The highest BCUT2D eigenvalue weighted by Crippen LogP contribution is 2.49. The Labute approximate surface area is 178 Å². The molecule has 31 heavy (non-hydrogen) atoms. The van der Waals surface area contributed by atoms with Gasteiger partial charge in [-0.1, -0.05) is 11.6 Å². The molecule has 1 saturated carbocycles. The Bertz CT molecular complexity index is 856. The van der Waals surface area contributed by atoms with Crippen molar-refractivity contribution in [2.75, 3.05) is 13.1 Å². The number of amides is 3. The summed E-state index contributed by atoms with van der Waals surface area (Å²) < 4.78 is 78.5. The molecule has 6 nitrogen and oxygen atoms in total. The van der Waals surface area contributed by atoms with Crippen LogP contribution in [0.15, 0.2) is 12.1 Å². The normalized spacial score (nSPS) is 25.5. The van der Waals surface area contributed by atoms with Gasteiger partial charge in [0.25, 0.3) is 0 Å². The van der Waals surface area contributed by atoms with Crippen molar-refractivity contribution in [1.82, 2.24) is 20.5 Å². The number of nitrogens with zero attached hydrogens (tertiary/aromatic N) is 2. The predicted octanol–water partition coefficient (Wildman–Crippen LogP) is 3.91. The number of pyridine rings is 1. The zero-order valence-corrected chi connectivity index (χ0v) is 16.9. The third-order valence-electron chi connectivity index (χ3n) is 5.60. The summed E-state index contributed by atoms with van der Waals surface area (Å²) in [4.78, 5) is 29.2. The van der Waals surface area contributed by atoms with Crippen LogP contribution < -0.4 is 10.6 Å². The molecule has 1 aliphatic heterocycles. The van der Waals surface area contributed by atoms with Gasteiger partial charge in [0.2, 0.25) is 5.91 Å². The maximum atomic E-state index is 13.2. The summed E-state index contributed by atoms with van der Waals surface area (Å²) >= 11 is 5.59. The predicted molar refractivity (Wildman–Crippen MR) is 97.0 cm³/mol. The van der Waals surface area contributed by atoms with E-state index in [1.54, 1.807) is 0 Å². The fourth-order valence-electron chi connectivity index (χ4n) is 3.74. The van der Waals surface area contributed by atoms with Gasteiger partial charge in [0.1, 0.15) is 6.04 Å². The minimum absolute atomic E-state index is 0.142. The third-order valence-corrected chi connectivity index (χ3v) is 5.91. The van der Waals surface area contributed by atoms with E-state index in [2.05, 4.69) is 15.6 Å². The first-order valence-electron chi connectivity index (χ1n) is 9.44. The van der Waals surface area contributed by atoms with Crippen molar-refractivity contribution in [3.8, 4) is 0 Å². The average molecular weight is 473 g/mol. The Morgan fingerprint density at radius 3 is 2.48 bits per heavy atom. The molecular formula is C18H19ClF6N4O2. The molecule has 3 amide bonds. The van der Waals surface area contributed by atoms with Crippen molar-refractivity contribution in [3.05, 3.63) is 28.5 Å². The lowest BCUT2D eigenvalue weighted by Gasteiger charge is -2.42. The molecule has 0 unspecified atom stereocenters. The highest BCUT2D eigenvalue weighted by molar-refractivity contribution is 6.31. The number of carbonyl (C=O) groups excluding carboxylic acids is 2. The summed E-state index contributed by atoms with van der Waals surface area (Å²) in [5.74, 6) is -2.80. The van der Waals surface area contributed by atoms with E-state index in [0.717, 1.165) is 12.1 Å². The summed E-state index contributed by atoms with van der Waals surface area (Å²) in [5.41, 5.74) is -1.63. The van der Waals surface area contributed by atoms with Crippen molar-refractivity contribution >= 4 is 23.5 Å². The van der Waals surface area contributed by atoms with Gasteiger partial charge in [0, 0.05) is 13.1 Å². The van der Waals surface area contributed by atoms with Crippen molar-refractivity contribution in [1.29, 1.82) is 0 Å². The van der Waals surface area contributed by atoms with Crippen LogP contribution in [0.4, 0.5) is 31.1 Å². The molecule has 1 aromatic rings. The number of hydrogen-bond donors (Lipinski definition) is 2. The van der Waals surface area contributed by atoms with Gasteiger partial charge in [0.05, 0.1) is 22.7 Å². The molecule has 13 heteroatoms. The number of piperazine rings is 1. The van der Waals surface area contributed by atoms with Crippen molar-refractivity contribution in [2.24, 2.45) is 11.8 Å². The molecule has 2 N–H and O–H groups in total. The van der Waals surface area contributed by atoms with Gasteiger partial charge in [-0.25, -0.2) is 9.78 Å². The number of alkyl halides is 6. The van der Waals surface area contributed by atoms with Gasteiger partial charge in [-0.15, -0.1) is 0 Å². The molecule has 0 radical (unpaired) electrons. The fourth-order valence-corrected chi connectivity index (χ4v) is 3.95. The highest BCUT2D eigenvalue weighted by Gasteiger charge is 2.51. The van der Waals surface area contributed by atoms with Crippen LogP contribution in [0.3, 0.4) is 0 Å². The van der Waals surface area contributed by atoms with Gasteiger partial charge < -0.3 is 15.5 Å². The molecule has 3 rings (SSSR count). The molecule has 2 fully saturated rings. The van der Waals surface area contributed by atoms with Crippen molar-refractivity contribution in [3.63, 3.8) is 0 Å². The molecule has 2 atom stereocenters. The van der Waals surface area contributed by atoms with Crippen LogP contribution in [0.1, 0.15) is 37.2 Å². The summed E-state index contributed by atoms with van der Waals surface area (Å²) in [5, 5.41) is 4.39. The highest BCUT2D eigenvalue weighted by atomic mass is 35.5. The number of carbonyl (C=O) groups is 2. The zero-order valence-electron chi connectivity index (χ0n) is 16.1. The Kier molecular flexibility index (Phi) is 6.32. The first-order chi connectivity index (χ1) is 14.3. The SMILES string of the molecule is C[C@@H]1C(=O)NCCN1C(=O)N[C@@H](c1ccc(Cl)c(C(F)(F)F)n1)[C@H]1C[C@@H](C(F)(F)F)C1. The van der Waals surface area contributed by atoms with Gasteiger partial charge in [-0.05, 0) is 37.8 Å². The summed E-state index contributed by atoms with van der Waals surface area (Å²) in [6.07, 6.45) is -10.0. The van der Waals surface area contributed by atoms with Gasteiger partial charge in [-0.3, -0.25) is 4.79 Å². The lowest BCUT2D eigenvalue weighted by molar-refractivity contribution is -0.206. The first-order valence-corrected chi connectivity index (χ1v) is 9.82. The van der Waals surface area contributed by atoms with Crippen LogP contribution in [-0.2, 0) is 11.0 Å². The number of nitrogens with one attached hydrogen (secondary N) is 2. The molecule has 2 heterocycles. The van der Waals surface area contributed by atoms with E-state index in [0.29, 0.717) is 0 Å². The van der Waals surface area contributed by atoms with Crippen LogP contribution in [0.25, 0.3) is 0 Å². The monoisotopic (exact) mass is 472 g/mol. The number of urea groups is 1. The van der Waals surface area contributed by atoms with Crippen LogP contribution >= 0.6 is 11.6 Å². The largest absolute Gasteiger partial charge is 0.434 e. The van der Waals surface area contributed by atoms with E-state index in [1.807, 2.05) is 0 Å². The van der Waals surface area contributed by atoms with Gasteiger partial charge in [0.15, 0.2) is 5.69 Å². The lowest BCUT2D eigenvalue weighted by atomic mass is 9.70. The molecule has 1 aliphatic carbocycles. The number of hydrogen-bond acceptors (Lipinski definition) is 3. The van der Waals surface area contributed by atoms with Gasteiger partial charge >= 0.3 is 18.4 Å². The number of aromatic nitrogens is 1. The lowest BCUT2D eigenvalue weighted by Crippen LogP contribution is -2.59. The molecule has 1 saturated heterocycles. The number of rotatable bonds is 3. The Morgan fingerprint density at radius 1 is 1.26 bits per heavy atom. The molecule has 2 aliphatic rings. The summed E-state index contributed by atoms with van der Waals surface area (Å²) in [6.45, 7) is 1.79. The van der Waals surface area contributed by atoms with E-state index < -0.39 is 58.9 Å². The quantitative estimate of drug-likeness (QED) is 0.655. The standard InChI is InChI=1S/C18H19ClF6N4O2/c1-8-15(30)26-4-5-29(8)16(31)28-13(9-6-10(7-9)17(20,21)22)12-3-2-11(19)14(27-12)18(23,24)25/h2-3,8-10,13H,4-7H2,1H3,(H,26,30)(H,28,31)/t8-,9-,10+,13-/m1/s1. The molecule has 0 aromatic carbocycles. The van der Waals surface area contributed by atoms with Gasteiger partial charge in [-0.2, -0.15) is 26.3 Å². The molecule has 1 aromatic heterocycles. The summed E-state index contributed by atoms with van der Waals surface area (Å²) in [7, 11) is 0. The topological polar surface area (TPSA) is 74.3 Å². The number of halogens is 7. The van der Waals surface area contributed by atoms with Crippen molar-refractivity contribution in [2.45, 2.75) is 44.2 Å². The van der Waals surface area contributed by atoms with E-state index in [-0.39, 0.29) is 31.6 Å². The minimum Gasteiger partial charge on any atom is -0.353 e. The Balaban J connectivity index is 1.88. The van der Waals surface area contributed by atoms with E-state index in [4.69, 9.17) is 11.6 Å². The van der Waals surface area contributed by atoms with Crippen LogP contribution in [-0.4, -0.2) is 47.1 Å². The second-order valence-electron chi connectivity index (χ2n) is 7.62. The summed E-state index contributed by atoms with van der Waals surface area (Å²) in [6, 6.07) is -0.726. The smallest absolute Gasteiger partial charge is 0.353 e. The maximum Gasteiger partial charge on any atom is 0.434 e. The average Bonchev–Trinajstić information content (AvgIpc) is 2.60. The minimum atomic E-state index is -4.88. The first kappa shape index (κ1) is 23.4. The van der Waals surface area contributed by atoms with Crippen LogP contribution in [0.5, 0.6) is 0 Å². The van der Waals surface area contributed by atoms with E-state index >= 15 is 0 Å². The second kappa shape index (κ2) is 8.36. The van der Waals surface area contributed by atoms with Crippen molar-refractivity contribution < 1.29 is 35.9 Å². The molecule has 172 valence electrons. The second-order valence-corrected chi connectivity index (χ2v) is 8.03. The Hall–Kier alpha value is -2.24. The van der Waals surface area contributed by atoms with Crippen LogP contribution in [0.2, 0.25) is 5.02 Å². The molecule has 0 bridgehead atoms. The fraction of sp³-hybridized carbons (Fsp3) is 0.611. The molecular weight excluding hydrogens is 454 g/mol. The Morgan fingerprint density at radius 2 is 1.90 bits per heavy atom. The van der Waals surface area contributed by atoms with Crippen LogP contribution in [0, 0.1) is 11.8 Å². The van der Waals surface area contributed by atoms with E-state index in [1.165, 1.54) is 11.8 Å².